The predicted octanol–water partition coefficient (Wildman–Crippen LogP) is 1.30. The molecular formula is C18H23NO7. The Morgan fingerprint density at radius 3 is 2.15 bits per heavy atom. The van der Waals surface area contributed by atoms with Gasteiger partial charge in [0.25, 0.3) is 0 Å². The summed E-state index contributed by atoms with van der Waals surface area (Å²) in [5.41, 5.74) is 1.43. The van der Waals surface area contributed by atoms with E-state index in [4.69, 9.17) is 10.2 Å². The first kappa shape index (κ1) is 19.7. The molecule has 8 heteroatoms. The van der Waals surface area contributed by atoms with Crippen molar-refractivity contribution >= 4 is 11.9 Å². The second-order valence-electron chi connectivity index (χ2n) is 6.40. The second kappa shape index (κ2) is 8.68. The Bertz CT molecular complexity index is 681. The van der Waals surface area contributed by atoms with Crippen LogP contribution in [0.1, 0.15) is 42.9 Å². The van der Waals surface area contributed by atoms with Crippen LogP contribution in [0.2, 0.25) is 0 Å². The largest absolute Gasteiger partial charge is 0.504 e. The van der Waals surface area contributed by atoms with Crippen molar-refractivity contribution < 1.29 is 35.1 Å². The van der Waals surface area contributed by atoms with Gasteiger partial charge in [-0.2, -0.15) is 0 Å². The zero-order chi connectivity index (χ0) is 19.3. The molecule has 2 aliphatic carbocycles. The minimum Gasteiger partial charge on any atom is -0.504 e. The van der Waals surface area contributed by atoms with E-state index in [0.29, 0.717) is 30.2 Å². The molecule has 26 heavy (non-hydrogen) atoms. The van der Waals surface area contributed by atoms with Crippen LogP contribution in [0.4, 0.5) is 0 Å². The maximum Gasteiger partial charge on any atom is 0.328 e. The lowest BCUT2D eigenvalue weighted by Crippen LogP contribution is -2.46. The molecule has 0 aromatic heterocycles. The van der Waals surface area contributed by atoms with Crippen molar-refractivity contribution in [3.05, 3.63) is 35.4 Å². The van der Waals surface area contributed by atoms with E-state index in [2.05, 4.69) is 5.32 Å². The molecule has 0 heterocycles. The molecule has 0 radical (unpaired) electrons. The highest BCUT2D eigenvalue weighted by molar-refractivity contribution is 5.89. The number of aliphatic hydroxyl groups excluding tert-OH is 1. The van der Waals surface area contributed by atoms with Gasteiger partial charge >= 0.3 is 11.9 Å². The first-order chi connectivity index (χ1) is 12.3. The Hall–Kier alpha value is -2.58. The topological polar surface area (TPSA) is 147 Å². The normalized spacial score (nSPS) is 22.0. The maximum atomic E-state index is 10.3. The van der Waals surface area contributed by atoms with E-state index in [1.807, 2.05) is 0 Å². The van der Waals surface area contributed by atoms with Crippen molar-refractivity contribution in [2.45, 2.75) is 50.3 Å². The second-order valence-corrected chi connectivity index (χ2v) is 6.40. The number of rotatable bonds is 4. The van der Waals surface area contributed by atoms with Gasteiger partial charge in [-0.3, -0.25) is 0 Å². The number of aliphatic hydroxyl groups is 1. The first-order valence-electron chi connectivity index (χ1n) is 8.41. The molecule has 1 aromatic carbocycles. The van der Waals surface area contributed by atoms with Crippen LogP contribution in [0.15, 0.2) is 24.3 Å². The summed E-state index contributed by atoms with van der Waals surface area (Å²) in [4.78, 5) is 19.1. The van der Waals surface area contributed by atoms with Gasteiger partial charge in [-0.1, -0.05) is 12.5 Å². The molecule has 1 fully saturated rings. The lowest BCUT2D eigenvalue weighted by atomic mass is 9.83. The van der Waals surface area contributed by atoms with Crippen molar-refractivity contribution in [1.29, 1.82) is 0 Å². The van der Waals surface area contributed by atoms with Gasteiger partial charge in [0.2, 0.25) is 0 Å². The molecule has 142 valence electrons. The molecule has 0 saturated heterocycles. The number of fused-ring (bicyclic) bond motifs is 1. The Balaban J connectivity index is 0.000000260. The first-order valence-corrected chi connectivity index (χ1v) is 8.41. The SMILES string of the molecule is O=C(O)/C=C/C(=O)O.Oc1ccc2c(c1O)CC[C@H](NC1CCC1)[C@H]2O. The van der Waals surface area contributed by atoms with Gasteiger partial charge in [0, 0.05) is 29.8 Å². The maximum absolute atomic E-state index is 10.3. The summed E-state index contributed by atoms with van der Waals surface area (Å²) >= 11 is 0. The molecule has 2 aliphatic rings. The van der Waals surface area contributed by atoms with Gasteiger partial charge in [-0.25, -0.2) is 9.59 Å². The van der Waals surface area contributed by atoms with E-state index in [1.54, 1.807) is 6.07 Å². The fraction of sp³-hybridized carbons (Fsp3) is 0.444. The standard InChI is InChI=1S/C14H19NO3.C4H4O4/c16-12-7-5-9-10(14(12)18)4-6-11(13(9)17)15-8-2-1-3-8;5-3(6)1-2-4(7)8/h5,7-8,11,13,15-18H,1-4,6H2;1-2H,(H,5,6)(H,7,8)/b;2-1+/t11-,13-;/m0./s1. The minimum atomic E-state index is -1.26. The quantitative estimate of drug-likeness (QED) is 0.346. The number of hydrogen-bond acceptors (Lipinski definition) is 6. The van der Waals surface area contributed by atoms with Crippen LogP contribution >= 0.6 is 0 Å². The number of phenolic OH excluding ortho intramolecular Hbond substituents is 2. The third-order valence-electron chi connectivity index (χ3n) is 4.63. The highest BCUT2D eigenvalue weighted by atomic mass is 16.4. The van der Waals surface area contributed by atoms with E-state index in [9.17, 15) is 24.9 Å². The molecule has 0 amide bonds. The Labute approximate surface area is 150 Å². The number of nitrogens with one attached hydrogen (secondary N) is 1. The zero-order valence-corrected chi connectivity index (χ0v) is 14.1. The Morgan fingerprint density at radius 2 is 1.65 bits per heavy atom. The molecule has 0 spiro atoms. The van der Waals surface area contributed by atoms with Gasteiger partial charge in [0.1, 0.15) is 0 Å². The fourth-order valence-corrected chi connectivity index (χ4v) is 3.05. The van der Waals surface area contributed by atoms with E-state index < -0.39 is 18.0 Å². The summed E-state index contributed by atoms with van der Waals surface area (Å²) in [7, 11) is 0. The monoisotopic (exact) mass is 365 g/mol. The lowest BCUT2D eigenvalue weighted by Gasteiger charge is -2.37. The van der Waals surface area contributed by atoms with Gasteiger partial charge < -0.3 is 30.8 Å². The molecule has 3 rings (SSSR count). The van der Waals surface area contributed by atoms with Crippen LogP contribution in [-0.2, 0) is 16.0 Å². The third kappa shape index (κ3) is 4.96. The molecule has 0 bridgehead atoms. The average Bonchev–Trinajstić information content (AvgIpc) is 2.55. The predicted molar refractivity (Wildman–Crippen MR) is 92.0 cm³/mol. The third-order valence-corrected chi connectivity index (χ3v) is 4.63. The van der Waals surface area contributed by atoms with E-state index in [1.165, 1.54) is 25.3 Å². The molecule has 0 unspecified atom stereocenters. The summed E-state index contributed by atoms with van der Waals surface area (Å²) in [6.07, 6.45) is 5.66. The molecule has 6 N–H and O–H groups in total. The highest BCUT2D eigenvalue weighted by Gasteiger charge is 2.32. The number of carboxylic acid groups (broad SMARTS) is 2. The Kier molecular flexibility index (Phi) is 6.59. The van der Waals surface area contributed by atoms with Crippen molar-refractivity contribution in [2.24, 2.45) is 0 Å². The van der Waals surface area contributed by atoms with Gasteiger partial charge in [0.15, 0.2) is 11.5 Å². The summed E-state index contributed by atoms with van der Waals surface area (Å²) in [5.74, 6) is -2.69. The van der Waals surface area contributed by atoms with Crippen LogP contribution in [-0.4, -0.2) is 49.6 Å². The Morgan fingerprint density at radius 1 is 1.04 bits per heavy atom. The lowest BCUT2D eigenvalue weighted by molar-refractivity contribution is -0.134. The van der Waals surface area contributed by atoms with Crippen LogP contribution < -0.4 is 5.32 Å². The average molecular weight is 365 g/mol. The summed E-state index contributed by atoms with van der Waals surface area (Å²) in [6.45, 7) is 0. The van der Waals surface area contributed by atoms with Crippen molar-refractivity contribution in [2.75, 3.05) is 0 Å². The van der Waals surface area contributed by atoms with Gasteiger partial charge in [0.05, 0.1) is 6.10 Å². The number of aliphatic carboxylic acids is 2. The van der Waals surface area contributed by atoms with Crippen LogP contribution in [0.25, 0.3) is 0 Å². The molecular weight excluding hydrogens is 342 g/mol. The van der Waals surface area contributed by atoms with Crippen LogP contribution in [0.5, 0.6) is 11.5 Å². The molecule has 8 nitrogen and oxygen atoms in total. The van der Waals surface area contributed by atoms with E-state index >= 15 is 0 Å². The molecule has 1 aromatic rings. The van der Waals surface area contributed by atoms with Crippen molar-refractivity contribution in [1.82, 2.24) is 5.32 Å². The zero-order valence-electron chi connectivity index (χ0n) is 14.1. The minimum absolute atomic E-state index is 0.0618. The van der Waals surface area contributed by atoms with Gasteiger partial charge in [-0.15, -0.1) is 0 Å². The van der Waals surface area contributed by atoms with Crippen LogP contribution in [0, 0.1) is 0 Å². The highest BCUT2D eigenvalue weighted by Crippen LogP contribution is 2.40. The van der Waals surface area contributed by atoms with E-state index in [-0.39, 0.29) is 17.5 Å². The van der Waals surface area contributed by atoms with Crippen molar-refractivity contribution in [3.63, 3.8) is 0 Å². The smallest absolute Gasteiger partial charge is 0.328 e. The number of phenols is 2. The van der Waals surface area contributed by atoms with Crippen molar-refractivity contribution in [3.8, 4) is 11.5 Å². The van der Waals surface area contributed by atoms with Gasteiger partial charge in [-0.05, 0) is 37.3 Å². The molecule has 0 aliphatic heterocycles. The summed E-state index contributed by atoms with van der Waals surface area (Å²) in [5, 5.41) is 48.7. The number of aromatic hydroxyl groups is 2. The molecule has 1 saturated carbocycles. The molecule has 2 atom stereocenters. The number of benzene rings is 1. The van der Waals surface area contributed by atoms with Crippen LogP contribution in [0.3, 0.4) is 0 Å². The van der Waals surface area contributed by atoms with E-state index in [0.717, 1.165) is 12.0 Å². The fourth-order valence-electron chi connectivity index (χ4n) is 3.05. The summed E-state index contributed by atoms with van der Waals surface area (Å²) in [6, 6.07) is 3.76. The number of carboxylic acids is 2. The summed E-state index contributed by atoms with van der Waals surface area (Å²) < 4.78 is 0. The number of carbonyl (C=O) groups is 2. The number of hydrogen-bond donors (Lipinski definition) is 6.